The van der Waals surface area contributed by atoms with E-state index in [9.17, 15) is 0 Å². The second-order valence-corrected chi connectivity index (χ2v) is 5.40. The Morgan fingerprint density at radius 2 is 1.74 bits per heavy atom. The van der Waals surface area contributed by atoms with Crippen LogP contribution in [-0.4, -0.2) is 22.6 Å². The molecule has 1 aromatic rings. The average molecular weight is 262 g/mol. The lowest BCUT2D eigenvalue weighted by Crippen LogP contribution is -2.21. The van der Waals surface area contributed by atoms with Gasteiger partial charge in [-0.15, -0.1) is 0 Å². The average Bonchev–Trinajstić information content (AvgIpc) is 2.40. The van der Waals surface area contributed by atoms with Crippen molar-refractivity contribution in [3.63, 3.8) is 0 Å². The zero-order valence-corrected chi connectivity index (χ0v) is 12.0. The molecule has 0 amide bonds. The van der Waals surface area contributed by atoms with Gasteiger partial charge in [0.15, 0.2) is 0 Å². The number of rotatable bonds is 5. The van der Waals surface area contributed by atoms with Gasteiger partial charge in [0.2, 0.25) is 0 Å². The summed E-state index contributed by atoms with van der Waals surface area (Å²) in [6.07, 6.45) is 12.1. The first-order valence-electron chi connectivity index (χ1n) is 7.71. The zero-order valence-electron chi connectivity index (χ0n) is 12.0. The molecule has 0 saturated heterocycles. The Balaban J connectivity index is 1.89. The molecular formula is C15H26N4. The summed E-state index contributed by atoms with van der Waals surface area (Å²) in [6.45, 7) is 3.11. The van der Waals surface area contributed by atoms with Gasteiger partial charge in [-0.05, 0) is 19.3 Å². The van der Waals surface area contributed by atoms with Gasteiger partial charge in [-0.2, -0.15) is 0 Å². The molecule has 2 N–H and O–H groups in total. The summed E-state index contributed by atoms with van der Waals surface area (Å²) in [5.74, 6) is 1.88. The molecule has 1 aliphatic rings. The molecule has 19 heavy (non-hydrogen) atoms. The van der Waals surface area contributed by atoms with Gasteiger partial charge < -0.3 is 10.6 Å². The van der Waals surface area contributed by atoms with Crippen LogP contribution in [0.3, 0.4) is 0 Å². The highest BCUT2D eigenvalue weighted by Crippen LogP contribution is 2.20. The Kier molecular flexibility index (Phi) is 5.92. The highest BCUT2D eigenvalue weighted by atomic mass is 15.1. The molecule has 4 heteroatoms. The van der Waals surface area contributed by atoms with Crippen molar-refractivity contribution in [3.05, 3.63) is 12.4 Å². The van der Waals surface area contributed by atoms with Crippen LogP contribution >= 0.6 is 0 Å². The summed E-state index contributed by atoms with van der Waals surface area (Å²) in [5, 5.41) is 6.88. The van der Waals surface area contributed by atoms with E-state index in [1.165, 1.54) is 44.9 Å². The van der Waals surface area contributed by atoms with Crippen molar-refractivity contribution in [2.45, 2.75) is 64.3 Å². The topological polar surface area (TPSA) is 49.8 Å². The molecule has 1 aromatic heterocycles. The van der Waals surface area contributed by atoms with Crippen molar-refractivity contribution < 1.29 is 0 Å². The third-order valence-corrected chi connectivity index (χ3v) is 3.68. The van der Waals surface area contributed by atoms with E-state index in [0.29, 0.717) is 6.04 Å². The Morgan fingerprint density at radius 1 is 1.05 bits per heavy atom. The van der Waals surface area contributed by atoms with E-state index in [1.807, 2.05) is 6.07 Å². The van der Waals surface area contributed by atoms with Gasteiger partial charge in [0.1, 0.15) is 18.0 Å². The summed E-state index contributed by atoms with van der Waals surface area (Å²) >= 11 is 0. The molecule has 0 aromatic carbocycles. The van der Waals surface area contributed by atoms with Crippen LogP contribution in [-0.2, 0) is 0 Å². The van der Waals surface area contributed by atoms with E-state index in [2.05, 4.69) is 27.5 Å². The number of hydrogen-bond acceptors (Lipinski definition) is 4. The van der Waals surface area contributed by atoms with E-state index in [0.717, 1.165) is 24.6 Å². The lowest BCUT2D eigenvalue weighted by Gasteiger charge is -2.21. The highest BCUT2D eigenvalue weighted by molar-refractivity contribution is 5.46. The molecule has 0 radical (unpaired) electrons. The van der Waals surface area contributed by atoms with Gasteiger partial charge >= 0.3 is 0 Å². The summed E-state index contributed by atoms with van der Waals surface area (Å²) in [6, 6.07) is 2.60. The van der Waals surface area contributed by atoms with Crippen molar-refractivity contribution in [1.29, 1.82) is 0 Å². The summed E-state index contributed by atoms with van der Waals surface area (Å²) in [4.78, 5) is 8.57. The van der Waals surface area contributed by atoms with E-state index >= 15 is 0 Å². The third-order valence-electron chi connectivity index (χ3n) is 3.68. The fraction of sp³-hybridized carbons (Fsp3) is 0.733. The van der Waals surface area contributed by atoms with Gasteiger partial charge in [0, 0.05) is 18.7 Å². The molecular weight excluding hydrogens is 236 g/mol. The Bertz CT molecular complexity index is 359. The first-order valence-corrected chi connectivity index (χ1v) is 7.71. The van der Waals surface area contributed by atoms with Crippen molar-refractivity contribution in [2.75, 3.05) is 17.2 Å². The summed E-state index contributed by atoms with van der Waals surface area (Å²) in [5.41, 5.74) is 0. The zero-order chi connectivity index (χ0) is 13.3. The van der Waals surface area contributed by atoms with Gasteiger partial charge in [0.25, 0.3) is 0 Å². The van der Waals surface area contributed by atoms with Crippen LogP contribution in [0.25, 0.3) is 0 Å². The first-order chi connectivity index (χ1) is 9.38. The lowest BCUT2D eigenvalue weighted by molar-refractivity contribution is 0.470. The van der Waals surface area contributed by atoms with Gasteiger partial charge in [-0.1, -0.05) is 39.0 Å². The smallest absolute Gasteiger partial charge is 0.131 e. The Labute approximate surface area is 116 Å². The molecule has 1 aliphatic carbocycles. The summed E-state index contributed by atoms with van der Waals surface area (Å²) < 4.78 is 0. The molecule has 2 rings (SSSR count). The molecule has 1 fully saturated rings. The molecule has 0 unspecified atom stereocenters. The molecule has 0 atom stereocenters. The number of nitrogens with one attached hydrogen (secondary N) is 2. The molecule has 0 spiro atoms. The number of aromatic nitrogens is 2. The van der Waals surface area contributed by atoms with Crippen LogP contribution in [0.2, 0.25) is 0 Å². The minimum Gasteiger partial charge on any atom is -0.370 e. The maximum atomic E-state index is 4.33. The number of hydrogen-bond donors (Lipinski definition) is 2. The second-order valence-electron chi connectivity index (χ2n) is 5.40. The van der Waals surface area contributed by atoms with Crippen molar-refractivity contribution in [1.82, 2.24) is 9.97 Å². The maximum absolute atomic E-state index is 4.33. The predicted molar refractivity (Wildman–Crippen MR) is 80.5 cm³/mol. The molecule has 1 heterocycles. The van der Waals surface area contributed by atoms with Crippen LogP contribution in [0.15, 0.2) is 12.4 Å². The van der Waals surface area contributed by atoms with E-state index in [1.54, 1.807) is 6.33 Å². The van der Waals surface area contributed by atoms with E-state index in [4.69, 9.17) is 0 Å². The lowest BCUT2D eigenvalue weighted by atomic mass is 9.97. The molecule has 0 aliphatic heterocycles. The summed E-state index contributed by atoms with van der Waals surface area (Å²) in [7, 11) is 0. The first kappa shape index (κ1) is 14.1. The van der Waals surface area contributed by atoms with E-state index < -0.39 is 0 Å². The Hall–Kier alpha value is -1.32. The largest absolute Gasteiger partial charge is 0.370 e. The fourth-order valence-corrected chi connectivity index (χ4v) is 2.60. The molecule has 106 valence electrons. The van der Waals surface area contributed by atoms with Crippen LogP contribution in [0.1, 0.15) is 58.3 Å². The minimum atomic E-state index is 0.578. The van der Waals surface area contributed by atoms with Crippen molar-refractivity contribution in [2.24, 2.45) is 0 Å². The van der Waals surface area contributed by atoms with Crippen LogP contribution in [0, 0.1) is 0 Å². The number of nitrogens with zero attached hydrogens (tertiary/aromatic N) is 2. The molecule has 1 saturated carbocycles. The SMILES string of the molecule is CCCNc1cc(NC2CCCCCCC2)ncn1. The highest BCUT2D eigenvalue weighted by Gasteiger charge is 2.11. The van der Waals surface area contributed by atoms with E-state index in [-0.39, 0.29) is 0 Å². The third kappa shape index (κ3) is 5.05. The van der Waals surface area contributed by atoms with Gasteiger partial charge in [-0.3, -0.25) is 0 Å². The maximum Gasteiger partial charge on any atom is 0.131 e. The Morgan fingerprint density at radius 3 is 2.47 bits per heavy atom. The van der Waals surface area contributed by atoms with Crippen LogP contribution in [0.4, 0.5) is 11.6 Å². The van der Waals surface area contributed by atoms with Crippen molar-refractivity contribution >= 4 is 11.6 Å². The number of anilines is 2. The standard InChI is InChI=1S/C15H26N4/c1-2-10-16-14-11-15(18-12-17-14)19-13-8-6-4-3-5-7-9-13/h11-13H,2-10H2,1H3,(H2,16,17,18,19). The van der Waals surface area contributed by atoms with Crippen LogP contribution in [0.5, 0.6) is 0 Å². The fourth-order valence-electron chi connectivity index (χ4n) is 2.60. The minimum absolute atomic E-state index is 0.578. The van der Waals surface area contributed by atoms with Crippen LogP contribution < -0.4 is 10.6 Å². The second kappa shape index (κ2) is 7.97. The monoisotopic (exact) mass is 262 g/mol. The van der Waals surface area contributed by atoms with Crippen molar-refractivity contribution in [3.8, 4) is 0 Å². The van der Waals surface area contributed by atoms with Gasteiger partial charge in [0.05, 0.1) is 0 Å². The van der Waals surface area contributed by atoms with Gasteiger partial charge in [-0.25, -0.2) is 9.97 Å². The molecule has 4 nitrogen and oxygen atoms in total. The molecule has 0 bridgehead atoms. The normalized spacial score (nSPS) is 17.5. The predicted octanol–water partition coefficient (Wildman–Crippen LogP) is 3.82. The quantitative estimate of drug-likeness (QED) is 0.847.